The van der Waals surface area contributed by atoms with Gasteiger partial charge in [0.15, 0.2) is 5.78 Å². The third-order valence-electron chi connectivity index (χ3n) is 4.79. The number of rotatable bonds is 7. The summed E-state index contributed by atoms with van der Waals surface area (Å²) in [4.78, 5) is 26.5. The zero-order chi connectivity index (χ0) is 17.5. The Bertz CT molecular complexity index is 568. The molecule has 1 aliphatic heterocycles. The van der Waals surface area contributed by atoms with E-state index in [0.717, 1.165) is 19.0 Å². The van der Waals surface area contributed by atoms with E-state index in [9.17, 15) is 9.59 Å². The first-order chi connectivity index (χ1) is 11.5. The van der Waals surface area contributed by atoms with Crippen molar-refractivity contribution in [3.05, 3.63) is 34.9 Å². The molecule has 0 spiro atoms. The van der Waals surface area contributed by atoms with Gasteiger partial charge in [-0.25, -0.2) is 0 Å². The molecule has 24 heavy (non-hydrogen) atoms. The standard InChI is InChI=1S/C19H27ClN2O2/c1-14-9-11-22(12-10-14)15(2)13-21-19(24)8-7-18(23)16-5-3-4-6-17(16)20/h3-6,14-15H,7-13H2,1-2H3,(H,21,24). The van der Waals surface area contributed by atoms with Crippen LogP contribution in [-0.2, 0) is 4.79 Å². The van der Waals surface area contributed by atoms with Crippen molar-refractivity contribution >= 4 is 23.3 Å². The third kappa shape index (κ3) is 5.60. The molecular formula is C19H27ClN2O2. The predicted molar refractivity (Wildman–Crippen MR) is 97.5 cm³/mol. The van der Waals surface area contributed by atoms with Crippen LogP contribution in [0.15, 0.2) is 24.3 Å². The van der Waals surface area contributed by atoms with E-state index >= 15 is 0 Å². The van der Waals surface area contributed by atoms with Crippen molar-refractivity contribution in [3.63, 3.8) is 0 Å². The number of hydrogen-bond acceptors (Lipinski definition) is 3. The van der Waals surface area contributed by atoms with E-state index < -0.39 is 0 Å². The fraction of sp³-hybridized carbons (Fsp3) is 0.579. The Morgan fingerprint density at radius 3 is 2.58 bits per heavy atom. The van der Waals surface area contributed by atoms with E-state index in [-0.39, 0.29) is 24.5 Å². The largest absolute Gasteiger partial charge is 0.355 e. The zero-order valence-electron chi connectivity index (χ0n) is 14.6. The molecule has 1 fully saturated rings. The molecule has 1 aliphatic rings. The number of hydrogen-bond donors (Lipinski definition) is 1. The molecule has 132 valence electrons. The lowest BCUT2D eigenvalue weighted by Crippen LogP contribution is -2.45. The molecule has 1 atom stereocenters. The topological polar surface area (TPSA) is 49.4 Å². The second kappa shape index (κ2) is 9.19. The molecule has 1 N–H and O–H groups in total. The van der Waals surface area contributed by atoms with Gasteiger partial charge in [0.2, 0.25) is 5.91 Å². The Morgan fingerprint density at radius 2 is 1.92 bits per heavy atom. The van der Waals surface area contributed by atoms with E-state index in [1.807, 2.05) is 0 Å². The van der Waals surface area contributed by atoms with Crippen molar-refractivity contribution in [3.8, 4) is 0 Å². The van der Waals surface area contributed by atoms with E-state index in [2.05, 4.69) is 24.1 Å². The third-order valence-corrected chi connectivity index (χ3v) is 5.12. The highest BCUT2D eigenvalue weighted by atomic mass is 35.5. The molecule has 1 aromatic carbocycles. The van der Waals surface area contributed by atoms with Gasteiger partial charge < -0.3 is 5.32 Å². The van der Waals surface area contributed by atoms with Gasteiger partial charge >= 0.3 is 0 Å². The highest BCUT2D eigenvalue weighted by Gasteiger charge is 2.20. The van der Waals surface area contributed by atoms with Crippen molar-refractivity contribution in [1.29, 1.82) is 0 Å². The molecule has 5 heteroatoms. The van der Waals surface area contributed by atoms with Crippen molar-refractivity contribution in [2.45, 2.75) is 45.6 Å². The number of carbonyl (C=O) groups excluding carboxylic acids is 2. The Labute approximate surface area is 149 Å². The number of amides is 1. The van der Waals surface area contributed by atoms with Crippen LogP contribution >= 0.6 is 11.6 Å². The van der Waals surface area contributed by atoms with Gasteiger partial charge in [0, 0.05) is 31.0 Å². The van der Waals surface area contributed by atoms with Crippen molar-refractivity contribution < 1.29 is 9.59 Å². The summed E-state index contributed by atoms with van der Waals surface area (Å²) in [5.41, 5.74) is 0.489. The maximum atomic E-state index is 12.1. The second-order valence-electron chi connectivity index (χ2n) is 6.77. The molecule has 1 heterocycles. The summed E-state index contributed by atoms with van der Waals surface area (Å²) in [5.74, 6) is 0.639. The van der Waals surface area contributed by atoms with Crippen LogP contribution in [0.2, 0.25) is 5.02 Å². The summed E-state index contributed by atoms with van der Waals surface area (Å²) in [5, 5.41) is 3.39. The van der Waals surface area contributed by atoms with Crippen LogP contribution in [0.5, 0.6) is 0 Å². The lowest BCUT2D eigenvalue weighted by atomic mass is 9.98. The SMILES string of the molecule is CC1CCN(C(C)CNC(=O)CCC(=O)c2ccccc2Cl)CC1. The number of halogens is 1. The average Bonchev–Trinajstić information content (AvgIpc) is 2.58. The van der Waals surface area contributed by atoms with E-state index in [1.54, 1.807) is 24.3 Å². The first-order valence-corrected chi connectivity index (χ1v) is 9.13. The number of Topliss-reactive ketones (excluding diaryl/α,β-unsaturated/α-hetero) is 1. The smallest absolute Gasteiger partial charge is 0.220 e. The van der Waals surface area contributed by atoms with Crippen molar-refractivity contribution in [2.75, 3.05) is 19.6 Å². The molecule has 0 radical (unpaired) electrons. The van der Waals surface area contributed by atoms with E-state index in [4.69, 9.17) is 11.6 Å². The van der Waals surface area contributed by atoms with Crippen LogP contribution in [-0.4, -0.2) is 42.3 Å². The highest BCUT2D eigenvalue weighted by Crippen LogP contribution is 2.18. The molecule has 0 saturated carbocycles. The summed E-state index contributed by atoms with van der Waals surface area (Å²) in [6.45, 7) is 7.27. The second-order valence-corrected chi connectivity index (χ2v) is 7.18. The zero-order valence-corrected chi connectivity index (χ0v) is 15.3. The first-order valence-electron chi connectivity index (χ1n) is 8.76. The maximum Gasteiger partial charge on any atom is 0.220 e. The minimum absolute atomic E-state index is 0.0763. The van der Waals surface area contributed by atoms with Crippen LogP contribution in [0.3, 0.4) is 0 Å². The summed E-state index contributed by atoms with van der Waals surface area (Å²) in [7, 11) is 0. The van der Waals surface area contributed by atoms with Gasteiger partial charge in [-0.15, -0.1) is 0 Å². The monoisotopic (exact) mass is 350 g/mol. The van der Waals surface area contributed by atoms with Crippen LogP contribution < -0.4 is 5.32 Å². The number of carbonyl (C=O) groups is 2. The predicted octanol–water partition coefficient (Wildman–Crippen LogP) is 3.54. The molecule has 0 aliphatic carbocycles. The van der Waals surface area contributed by atoms with E-state index in [0.29, 0.717) is 23.2 Å². The average molecular weight is 351 g/mol. The quantitative estimate of drug-likeness (QED) is 0.765. The van der Waals surface area contributed by atoms with Crippen LogP contribution in [0.25, 0.3) is 0 Å². The Morgan fingerprint density at radius 1 is 1.25 bits per heavy atom. The van der Waals surface area contributed by atoms with Gasteiger partial charge in [0.25, 0.3) is 0 Å². The Kier molecular flexibility index (Phi) is 7.25. The minimum Gasteiger partial charge on any atom is -0.355 e. The summed E-state index contributed by atoms with van der Waals surface area (Å²) < 4.78 is 0. The van der Waals surface area contributed by atoms with Crippen LogP contribution in [0.4, 0.5) is 0 Å². The van der Waals surface area contributed by atoms with Gasteiger partial charge in [0.05, 0.1) is 5.02 Å². The lowest BCUT2D eigenvalue weighted by molar-refractivity contribution is -0.121. The molecule has 0 aromatic heterocycles. The molecule has 4 nitrogen and oxygen atoms in total. The number of likely N-dealkylation sites (tertiary alicyclic amines) is 1. The number of ketones is 1. The maximum absolute atomic E-state index is 12.1. The number of benzene rings is 1. The fourth-order valence-corrected chi connectivity index (χ4v) is 3.24. The summed E-state index contributed by atoms with van der Waals surface area (Å²) in [6.07, 6.45) is 2.84. The normalized spacial score (nSPS) is 17.5. The fourth-order valence-electron chi connectivity index (χ4n) is 3.00. The molecule has 1 aromatic rings. The van der Waals surface area contributed by atoms with E-state index in [1.165, 1.54) is 12.8 Å². The van der Waals surface area contributed by atoms with Gasteiger partial charge in [-0.3, -0.25) is 14.5 Å². The van der Waals surface area contributed by atoms with Gasteiger partial charge in [0.1, 0.15) is 0 Å². The van der Waals surface area contributed by atoms with Crippen molar-refractivity contribution in [2.24, 2.45) is 5.92 Å². The molecule has 1 saturated heterocycles. The highest BCUT2D eigenvalue weighted by molar-refractivity contribution is 6.34. The molecule has 1 amide bonds. The Hall–Kier alpha value is -1.39. The van der Waals surface area contributed by atoms with Gasteiger partial charge in [-0.05, 0) is 50.9 Å². The summed E-state index contributed by atoms with van der Waals surface area (Å²) in [6, 6.07) is 7.29. The van der Waals surface area contributed by atoms with Crippen molar-refractivity contribution in [1.82, 2.24) is 10.2 Å². The molecule has 2 rings (SSSR count). The van der Waals surface area contributed by atoms with Gasteiger partial charge in [-0.2, -0.15) is 0 Å². The number of nitrogens with one attached hydrogen (secondary N) is 1. The molecular weight excluding hydrogens is 324 g/mol. The summed E-state index contributed by atoms with van der Waals surface area (Å²) >= 11 is 6.01. The Balaban J connectivity index is 1.70. The number of nitrogens with zero attached hydrogens (tertiary/aromatic N) is 1. The van der Waals surface area contributed by atoms with Gasteiger partial charge in [-0.1, -0.05) is 30.7 Å². The minimum atomic E-state index is -0.0891. The first kappa shape index (κ1) is 18.9. The number of piperidine rings is 1. The molecule has 1 unspecified atom stereocenters. The molecule has 0 bridgehead atoms. The lowest BCUT2D eigenvalue weighted by Gasteiger charge is -2.35. The van der Waals surface area contributed by atoms with Crippen LogP contribution in [0, 0.1) is 5.92 Å². The van der Waals surface area contributed by atoms with Crippen LogP contribution in [0.1, 0.15) is 49.9 Å².